The smallest absolute Gasteiger partial charge is 0.271 e. The quantitative estimate of drug-likeness (QED) is 0.246. The van der Waals surface area contributed by atoms with Gasteiger partial charge in [-0.1, -0.05) is 18.2 Å². The molecule has 0 heterocycles. The van der Waals surface area contributed by atoms with Crippen LogP contribution in [0.15, 0.2) is 60.3 Å². The van der Waals surface area contributed by atoms with Gasteiger partial charge >= 0.3 is 0 Å². The molecule has 2 amide bonds. The highest BCUT2D eigenvalue weighted by molar-refractivity contribution is 6.07. The molecule has 4 N–H and O–H groups in total. The van der Waals surface area contributed by atoms with Gasteiger partial charge in [0, 0.05) is 29.7 Å². The summed E-state index contributed by atoms with van der Waals surface area (Å²) in [6.07, 6.45) is 0.946. The van der Waals surface area contributed by atoms with E-state index in [4.69, 9.17) is 11.0 Å². The minimum Gasteiger partial charge on any atom is -0.398 e. The summed E-state index contributed by atoms with van der Waals surface area (Å²) in [5.41, 5.74) is 5.67. The summed E-state index contributed by atoms with van der Waals surface area (Å²) in [7, 11) is 0. The van der Waals surface area contributed by atoms with E-state index in [1.54, 1.807) is 24.3 Å². The maximum Gasteiger partial charge on any atom is 0.271 e. The Balaban J connectivity index is 2.11. The van der Waals surface area contributed by atoms with Crippen LogP contribution >= 0.6 is 0 Å². The maximum atomic E-state index is 12.1. The lowest BCUT2D eigenvalue weighted by Crippen LogP contribution is -2.22. The van der Waals surface area contributed by atoms with Crippen LogP contribution in [0.3, 0.4) is 0 Å². The number of non-ortho nitro benzene ring substituents is 1. The number of nitriles is 1. The minimum atomic E-state index is -0.825. The van der Waals surface area contributed by atoms with Gasteiger partial charge in [0.15, 0.2) is 0 Å². The van der Waals surface area contributed by atoms with Crippen molar-refractivity contribution in [2.45, 2.75) is 0 Å². The average molecular weight is 351 g/mol. The van der Waals surface area contributed by atoms with Gasteiger partial charge in [0.1, 0.15) is 11.6 Å². The van der Waals surface area contributed by atoms with Crippen LogP contribution in [-0.2, 0) is 4.79 Å². The third-order valence-electron chi connectivity index (χ3n) is 3.23. The lowest BCUT2D eigenvalue weighted by atomic mass is 10.1. The predicted molar refractivity (Wildman–Crippen MR) is 93.7 cm³/mol. The molecule has 0 atom stereocenters. The van der Waals surface area contributed by atoms with Gasteiger partial charge in [0.2, 0.25) is 0 Å². The van der Waals surface area contributed by atoms with Gasteiger partial charge in [0.25, 0.3) is 17.5 Å². The van der Waals surface area contributed by atoms with Crippen LogP contribution in [-0.4, -0.2) is 16.7 Å². The average Bonchev–Trinajstić information content (AvgIpc) is 2.62. The fourth-order valence-corrected chi connectivity index (χ4v) is 1.96. The van der Waals surface area contributed by atoms with Crippen molar-refractivity contribution in [1.29, 1.82) is 5.26 Å². The Bertz CT molecular complexity index is 946. The Morgan fingerprint density at radius 2 is 1.92 bits per heavy atom. The first-order valence-corrected chi connectivity index (χ1v) is 7.24. The summed E-state index contributed by atoms with van der Waals surface area (Å²) < 4.78 is 0. The van der Waals surface area contributed by atoms with Gasteiger partial charge < -0.3 is 16.4 Å². The normalized spacial score (nSPS) is 10.5. The predicted octanol–water partition coefficient (Wildman–Crippen LogP) is 1.95. The highest BCUT2D eigenvalue weighted by atomic mass is 16.6. The first-order valence-electron chi connectivity index (χ1n) is 7.24. The fraction of sp³-hybridized carbons (Fsp3) is 0. The maximum absolute atomic E-state index is 12.1. The summed E-state index contributed by atoms with van der Waals surface area (Å²) >= 11 is 0. The van der Waals surface area contributed by atoms with Crippen LogP contribution in [0, 0.1) is 21.4 Å². The molecule has 0 aliphatic heterocycles. The van der Waals surface area contributed by atoms with Gasteiger partial charge in [-0.2, -0.15) is 5.26 Å². The molecule has 0 radical (unpaired) electrons. The summed E-state index contributed by atoms with van der Waals surface area (Å²) in [6, 6.07) is 13.2. The summed E-state index contributed by atoms with van der Waals surface area (Å²) in [5.74, 6) is -1.41. The highest BCUT2D eigenvalue weighted by Gasteiger charge is 2.13. The second kappa shape index (κ2) is 8.07. The summed E-state index contributed by atoms with van der Waals surface area (Å²) in [4.78, 5) is 34.3. The van der Waals surface area contributed by atoms with Crippen LogP contribution in [0.2, 0.25) is 0 Å². The Hall–Kier alpha value is -4.19. The second-order valence-corrected chi connectivity index (χ2v) is 4.99. The monoisotopic (exact) mass is 351 g/mol. The van der Waals surface area contributed by atoms with Crippen molar-refractivity contribution in [3.8, 4) is 6.07 Å². The van der Waals surface area contributed by atoms with Gasteiger partial charge in [-0.15, -0.1) is 0 Å². The molecule has 130 valence electrons. The molecule has 0 spiro atoms. The largest absolute Gasteiger partial charge is 0.398 e. The van der Waals surface area contributed by atoms with Crippen molar-refractivity contribution in [3.05, 3.63) is 76.0 Å². The van der Waals surface area contributed by atoms with Crippen LogP contribution in [0.5, 0.6) is 0 Å². The van der Waals surface area contributed by atoms with E-state index in [2.05, 4.69) is 10.6 Å². The standard InChI is InChI=1S/C17H13N5O4/c18-9-11(10-20-17(24)14-6-1-2-7-15(14)19)16(23)21-12-4-3-5-13(8-12)22(25)26/h1-8,10H,19H2,(H,20,24)(H,21,23)/b11-10-. The van der Waals surface area contributed by atoms with E-state index in [9.17, 15) is 19.7 Å². The number of hydrogen-bond acceptors (Lipinski definition) is 6. The topological polar surface area (TPSA) is 151 Å². The zero-order valence-electron chi connectivity index (χ0n) is 13.3. The molecule has 0 bridgehead atoms. The molecule has 2 aromatic rings. The van der Waals surface area contributed by atoms with Crippen molar-refractivity contribution in [1.82, 2.24) is 5.32 Å². The molecule has 9 heteroatoms. The molecule has 0 aromatic heterocycles. The van der Waals surface area contributed by atoms with Gasteiger partial charge in [-0.25, -0.2) is 0 Å². The van der Waals surface area contributed by atoms with E-state index in [-0.39, 0.29) is 28.2 Å². The Morgan fingerprint density at radius 1 is 1.19 bits per heavy atom. The number of para-hydroxylation sites is 1. The lowest BCUT2D eigenvalue weighted by Gasteiger charge is -2.06. The fourth-order valence-electron chi connectivity index (χ4n) is 1.96. The number of carbonyl (C=O) groups excluding carboxylic acids is 2. The number of benzene rings is 2. The van der Waals surface area contributed by atoms with Crippen LogP contribution < -0.4 is 16.4 Å². The second-order valence-electron chi connectivity index (χ2n) is 4.99. The Morgan fingerprint density at radius 3 is 2.58 bits per heavy atom. The Labute approximate surface area is 147 Å². The van der Waals surface area contributed by atoms with Gasteiger partial charge in [-0.05, 0) is 18.2 Å². The number of anilines is 2. The van der Waals surface area contributed by atoms with E-state index < -0.39 is 16.7 Å². The number of carbonyl (C=O) groups is 2. The molecule has 0 aliphatic rings. The van der Waals surface area contributed by atoms with Crippen LogP contribution in [0.1, 0.15) is 10.4 Å². The molecule has 0 unspecified atom stereocenters. The van der Waals surface area contributed by atoms with E-state index in [0.717, 1.165) is 12.3 Å². The number of nitro groups is 1. The number of nitrogens with two attached hydrogens (primary N) is 1. The number of nitro benzene ring substituents is 1. The summed E-state index contributed by atoms with van der Waals surface area (Å²) in [5, 5.41) is 24.5. The van der Waals surface area contributed by atoms with Gasteiger partial charge in [-0.3, -0.25) is 19.7 Å². The van der Waals surface area contributed by atoms with Crippen molar-refractivity contribution in [2.24, 2.45) is 0 Å². The van der Waals surface area contributed by atoms with E-state index >= 15 is 0 Å². The molecule has 2 rings (SSSR count). The van der Waals surface area contributed by atoms with Gasteiger partial charge in [0.05, 0.1) is 10.5 Å². The molecule has 0 saturated carbocycles. The number of nitrogens with one attached hydrogen (secondary N) is 2. The first kappa shape index (κ1) is 18.2. The number of hydrogen-bond donors (Lipinski definition) is 3. The molecule has 2 aromatic carbocycles. The van der Waals surface area contributed by atoms with Crippen molar-refractivity contribution in [3.63, 3.8) is 0 Å². The Kier molecular flexibility index (Phi) is 5.63. The number of nitrogens with zero attached hydrogens (tertiary/aromatic N) is 2. The first-order chi connectivity index (χ1) is 12.4. The third kappa shape index (κ3) is 4.42. The molecule has 0 fully saturated rings. The molecule has 0 aliphatic carbocycles. The van der Waals surface area contributed by atoms with Crippen molar-refractivity contribution < 1.29 is 14.5 Å². The van der Waals surface area contributed by atoms with Crippen molar-refractivity contribution >= 4 is 28.9 Å². The summed E-state index contributed by atoms with van der Waals surface area (Å²) in [6.45, 7) is 0. The molecule has 9 nitrogen and oxygen atoms in total. The van der Waals surface area contributed by atoms with Crippen LogP contribution in [0.4, 0.5) is 17.1 Å². The number of amides is 2. The molecule has 26 heavy (non-hydrogen) atoms. The van der Waals surface area contributed by atoms with E-state index in [1.807, 2.05) is 0 Å². The third-order valence-corrected chi connectivity index (χ3v) is 3.23. The molecular formula is C17H13N5O4. The lowest BCUT2D eigenvalue weighted by molar-refractivity contribution is -0.384. The number of rotatable bonds is 5. The number of nitrogen functional groups attached to an aromatic ring is 1. The molecular weight excluding hydrogens is 338 g/mol. The minimum absolute atomic E-state index is 0.143. The van der Waals surface area contributed by atoms with Crippen LogP contribution in [0.25, 0.3) is 0 Å². The highest BCUT2D eigenvalue weighted by Crippen LogP contribution is 2.17. The zero-order chi connectivity index (χ0) is 19.1. The van der Waals surface area contributed by atoms with E-state index in [1.165, 1.54) is 24.3 Å². The molecule has 0 saturated heterocycles. The van der Waals surface area contributed by atoms with E-state index in [0.29, 0.717) is 0 Å². The van der Waals surface area contributed by atoms with Crippen molar-refractivity contribution in [2.75, 3.05) is 11.1 Å². The zero-order valence-corrected chi connectivity index (χ0v) is 13.3. The SMILES string of the molecule is N#C/C(=C/NC(=O)c1ccccc1N)C(=O)Nc1cccc([N+](=O)[O-])c1.